The van der Waals surface area contributed by atoms with Gasteiger partial charge in [-0.05, 0) is 30.2 Å². The molecule has 1 unspecified atom stereocenters. The Kier molecular flexibility index (Phi) is 13.4. The van der Waals surface area contributed by atoms with Crippen LogP contribution < -0.4 is 5.32 Å². The highest BCUT2D eigenvalue weighted by Gasteiger charge is 2.31. The Morgan fingerprint density at radius 3 is 2.24 bits per heavy atom. The fourth-order valence-corrected chi connectivity index (χ4v) is 5.63. The summed E-state index contributed by atoms with van der Waals surface area (Å²) in [4.78, 5) is 56.5. The second-order valence-corrected chi connectivity index (χ2v) is 12.2. The number of esters is 2. The molecule has 0 saturated carbocycles. The summed E-state index contributed by atoms with van der Waals surface area (Å²) in [6.45, 7) is 11.2. The van der Waals surface area contributed by atoms with Crippen molar-refractivity contribution in [3.05, 3.63) is 52.0 Å². The summed E-state index contributed by atoms with van der Waals surface area (Å²) in [7, 11) is 3.13. The lowest BCUT2D eigenvalue weighted by atomic mass is 9.95. The van der Waals surface area contributed by atoms with Crippen molar-refractivity contribution in [2.75, 3.05) is 14.2 Å². The van der Waals surface area contributed by atoms with E-state index in [2.05, 4.69) is 10.3 Å². The van der Waals surface area contributed by atoms with Crippen molar-refractivity contribution in [2.24, 2.45) is 17.8 Å². The standard InChI is InChI=1S/C31H45N3O6S/c1-19(2)14-28(36)34(7)26(20(3)4)17-27(40-22(6)35)30-33-25(18-41-30)29(37)32-24(15-21(5)31(38)39-8)16-23-12-10-9-11-13-23/h9-13,18-21,24,26-27H,14-17H2,1-8H3,(H,32,37)/t21-,24+,26?,27+/m0/s1. The summed E-state index contributed by atoms with van der Waals surface area (Å²) < 4.78 is 10.5. The minimum absolute atomic E-state index is 0.0325. The maximum atomic E-state index is 13.3. The van der Waals surface area contributed by atoms with Crippen LogP contribution >= 0.6 is 11.3 Å². The lowest BCUT2D eigenvalue weighted by molar-refractivity contribution is -0.148. The van der Waals surface area contributed by atoms with Gasteiger partial charge in [0.2, 0.25) is 5.91 Å². The molecule has 0 spiro atoms. The fraction of sp³-hybridized carbons (Fsp3) is 0.581. The van der Waals surface area contributed by atoms with Crippen LogP contribution in [-0.4, -0.2) is 59.9 Å². The molecule has 10 heteroatoms. The van der Waals surface area contributed by atoms with E-state index >= 15 is 0 Å². The van der Waals surface area contributed by atoms with Gasteiger partial charge in [-0.15, -0.1) is 11.3 Å². The van der Waals surface area contributed by atoms with Gasteiger partial charge in [0.15, 0.2) is 6.10 Å². The molecule has 1 N–H and O–H groups in total. The number of methoxy groups -OCH3 is 1. The predicted molar refractivity (Wildman–Crippen MR) is 159 cm³/mol. The molecular weight excluding hydrogens is 542 g/mol. The Labute approximate surface area is 248 Å². The van der Waals surface area contributed by atoms with E-state index in [1.807, 2.05) is 58.0 Å². The summed E-state index contributed by atoms with van der Waals surface area (Å²) in [6.07, 6.45) is 1.01. The number of amides is 2. The summed E-state index contributed by atoms with van der Waals surface area (Å²) in [5.41, 5.74) is 1.23. The number of rotatable bonds is 15. The molecule has 0 aliphatic carbocycles. The van der Waals surface area contributed by atoms with Crippen molar-refractivity contribution in [1.82, 2.24) is 15.2 Å². The number of thiazole rings is 1. The Hall–Kier alpha value is -3.27. The monoisotopic (exact) mass is 587 g/mol. The Bertz CT molecular complexity index is 1150. The van der Waals surface area contributed by atoms with E-state index in [1.54, 1.807) is 24.3 Å². The molecule has 2 amide bonds. The molecule has 0 saturated heterocycles. The number of nitrogens with zero attached hydrogens (tertiary/aromatic N) is 2. The first-order valence-electron chi connectivity index (χ1n) is 14.1. The van der Waals surface area contributed by atoms with Crippen molar-refractivity contribution in [2.45, 2.75) is 85.4 Å². The van der Waals surface area contributed by atoms with Crippen LogP contribution in [0.2, 0.25) is 0 Å². The third kappa shape index (κ3) is 10.9. The zero-order valence-electron chi connectivity index (χ0n) is 25.5. The first kappa shape index (κ1) is 33.9. The van der Waals surface area contributed by atoms with E-state index in [1.165, 1.54) is 25.4 Å². The molecule has 0 radical (unpaired) electrons. The van der Waals surface area contributed by atoms with Crippen LogP contribution in [0.15, 0.2) is 35.7 Å². The van der Waals surface area contributed by atoms with Crippen LogP contribution in [0, 0.1) is 17.8 Å². The van der Waals surface area contributed by atoms with Gasteiger partial charge >= 0.3 is 11.9 Å². The highest BCUT2D eigenvalue weighted by atomic mass is 32.1. The molecule has 0 aliphatic rings. The number of nitrogens with one attached hydrogen (secondary N) is 1. The lowest BCUT2D eigenvalue weighted by Crippen LogP contribution is -2.42. The van der Waals surface area contributed by atoms with Crippen molar-refractivity contribution in [1.29, 1.82) is 0 Å². The number of hydrogen-bond acceptors (Lipinski definition) is 8. The molecule has 0 bridgehead atoms. The van der Waals surface area contributed by atoms with Gasteiger partial charge in [-0.2, -0.15) is 0 Å². The van der Waals surface area contributed by atoms with Crippen LogP contribution in [0.5, 0.6) is 0 Å². The average Bonchev–Trinajstić information content (AvgIpc) is 3.40. The van der Waals surface area contributed by atoms with Crippen molar-refractivity contribution in [3.63, 3.8) is 0 Å². The number of ether oxygens (including phenoxy) is 2. The van der Waals surface area contributed by atoms with E-state index in [4.69, 9.17) is 9.47 Å². The van der Waals surface area contributed by atoms with Gasteiger partial charge in [0.25, 0.3) is 5.91 Å². The highest BCUT2D eigenvalue weighted by Crippen LogP contribution is 2.31. The average molecular weight is 588 g/mol. The minimum Gasteiger partial charge on any atom is -0.469 e. The largest absolute Gasteiger partial charge is 0.469 e. The first-order chi connectivity index (χ1) is 19.3. The third-order valence-electron chi connectivity index (χ3n) is 6.94. The number of benzene rings is 1. The first-order valence-corrected chi connectivity index (χ1v) is 15.0. The highest BCUT2D eigenvalue weighted by molar-refractivity contribution is 7.09. The maximum absolute atomic E-state index is 13.3. The molecule has 1 aromatic heterocycles. The molecular formula is C31H45N3O6S. The second kappa shape index (κ2) is 16.2. The minimum atomic E-state index is -0.708. The number of carbonyl (C=O) groups is 4. The Morgan fingerprint density at radius 1 is 1.02 bits per heavy atom. The SMILES string of the molecule is COC(=O)[C@@H](C)C[C@H](Cc1ccccc1)NC(=O)c1csc([C@@H](CC(C(C)C)N(C)C(=O)CC(C)C)OC(C)=O)n1. The van der Waals surface area contributed by atoms with Gasteiger partial charge in [-0.1, -0.05) is 65.0 Å². The van der Waals surface area contributed by atoms with Gasteiger partial charge < -0.3 is 19.7 Å². The van der Waals surface area contributed by atoms with Crippen LogP contribution in [0.1, 0.15) is 88.0 Å². The molecule has 2 rings (SSSR count). The van der Waals surface area contributed by atoms with Gasteiger partial charge in [0.05, 0.1) is 13.0 Å². The van der Waals surface area contributed by atoms with Crippen LogP contribution in [-0.2, 0) is 30.3 Å². The quantitative estimate of drug-likeness (QED) is 0.285. The van der Waals surface area contributed by atoms with Gasteiger partial charge in [-0.3, -0.25) is 19.2 Å². The molecule has 1 heterocycles. The van der Waals surface area contributed by atoms with Crippen LogP contribution in [0.25, 0.3) is 0 Å². The van der Waals surface area contributed by atoms with Gasteiger partial charge in [-0.25, -0.2) is 4.98 Å². The summed E-state index contributed by atoms with van der Waals surface area (Å²) >= 11 is 1.24. The Balaban J connectivity index is 2.25. The van der Waals surface area contributed by atoms with Gasteiger partial charge in [0.1, 0.15) is 10.7 Å². The summed E-state index contributed by atoms with van der Waals surface area (Å²) in [5.74, 6) is -1.22. The molecule has 2 aromatic rings. The topological polar surface area (TPSA) is 115 Å². The molecule has 226 valence electrons. The third-order valence-corrected chi connectivity index (χ3v) is 7.88. The Morgan fingerprint density at radius 2 is 1.68 bits per heavy atom. The zero-order valence-corrected chi connectivity index (χ0v) is 26.3. The van der Waals surface area contributed by atoms with Crippen molar-refractivity contribution in [3.8, 4) is 0 Å². The molecule has 0 aliphatic heterocycles. The van der Waals surface area contributed by atoms with Crippen LogP contribution in [0.4, 0.5) is 0 Å². The van der Waals surface area contributed by atoms with E-state index in [0.29, 0.717) is 30.7 Å². The van der Waals surface area contributed by atoms with Crippen molar-refractivity contribution < 1.29 is 28.7 Å². The van der Waals surface area contributed by atoms with Gasteiger partial charge in [0, 0.05) is 44.3 Å². The van der Waals surface area contributed by atoms with Crippen LogP contribution in [0.3, 0.4) is 0 Å². The number of hydrogen-bond donors (Lipinski definition) is 1. The molecule has 9 nitrogen and oxygen atoms in total. The zero-order chi connectivity index (χ0) is 30.7. The lowest BCUT2D eigenvalue weighted by Gasteiger charge is -2.34. The van der Waals surface area contributed by atoms with E-state index < -0.39 is 18.0 Å². The fourth-order valence-electron chi connectivity index (χ4n) is 4.79. The predicted octanol–water partition coefficient (Wildman–Crippen LogP) is 5.21. The molecule has 1 aromatic carbocycles. The maximum Gasteiger partial charge on any atom is 0.308 e. The second-order valence-electron chi connectivity index (χ2n) is 11.3. The smallest absolute Gasteiger partial charge is 0.308 e. The van der Waals surface area contributed by atoms with E-state index in [0.717, 1.165) is 5.56 Å². The molecule has 41 heavy (non-hydrogen) atoms. The molecule has 0 fully saturated rings. The summed E-state index contributed by atoms with van der Waals surface area (Å²) in [5, 5.41) is 5.16. The van der Waals surface area contributed by atoms with E-state index in [9.17, 15) is 19.2 Å². The van der Waals surface area contributed by atoms with E-state index in [-0.39, 0.29) is 47.4 Å². The number of carbonyl (C=O) groups excluding carboxylic acids is 4. The molecule has 4 atom stereocenters. The summed E-state index contributed by atoms with van der Waals surface area (Å²) in [6, 6.07) is 9.20. The van der Waals surface area contributed by atoms with Crippen molar-refractivity contribution >= 4 is 35.1 Å². The number of aromatic nitrogens is 1. The normalized spacial score (nSPS) is 14.2.